The van der Waals surface area contributed by atoms with Gasteiger partial charge in [-0.25, -0.2) is 0 Å². The van der Waals surface area contributed by atoms with Crippen molar-refractivity contribution in [2.75, 3.05) is 33.4 Å². The first-order valence-corrected chi connectivity index (χ1v) is 10.3. The molecule has 0 radical (unpaired) electrons. The summed E-state index contributed by atoms with van der Waals surface area (Å²) in [5.74, 6) is 0.820. The molecular weight excluding hydrogens is 352 g/mol. The summed E-state index contributed by atoms with van der Waals surface area (Å²) in [6, 6.07) is 12.0. The van der Waals surface area contributed by atoms with E-state index in [9.17, 15) is 5.11 Å². The van der Waals surface area contributed by atoms with Gasteiger partial charge in [-0.3, -0.25) is 4.90 Å². The number of aromatic nitrogens is 1. The number of nitrogens with zero attached hydrogens (tertiary/aromatic N) is 2. The number of rotatable bonds is 8. The summed E-state index contributed by atoms with van der Waals surface area (Å²) < 4.78 is 13.4. The van der Waals surface area contributed by atoms with Gasteiger partial charge in [-0.15, -0.1) is 0 Å². The lowest BCUT2D eigenvalue weighted by Crippen LogP contribution is -2.37. The van der Waals surface area contributed by atoms with Crippen LogP contribution in [0.5, 0.6) is 5.75 Å². The van der Waals surface area contributed by atoms with Gasteiger partial charge in [-0.05, 0) is 63.4 Å². The molecule has 1 aromatic carbocycles. The highest BCUT2D eigenvalue weighted by molar-refractivity contribution is 5.27. The molecule has 3 rings (SSSR count). The molecule has 154 valence electrons. The molecule has 0 saturated carbocycles. The van der Waals surface area contributed by atoms with Crippen LogP contribution < -0.4 is 4.74 Å². The second-order valence-electron chi connectivity index (χ2n) is 8.00. The summed E-state index contributed by atoms with van der Waals surface area (Å²) in [5, 5.41) is 11.0. The normalized spacial score (nSPS) is 20.9. The minimum Gasteiger partial charge on any atom is -0.491 e. The van der Waals surface area contributed by atoms with Crippen molar-refractivity contribution in [3.8, 4) is 5.75 Å². The number of hydrogen-bond acceptors (Lipinski definition) is 4. The highest BCUT2D eigenvalue weighted by atomic mass is 16.5. The quantitative estimate of drug-likeness (QED) is 0.754. The van der Waals surface area contributed by atoms with Gasteiger partial charge in [0.2, 0.25) is 0 Å². The summed E-state index contributed by atoms with van der Waals surface area (Å²) in [6.45, 7) is 9.16. The maximum Gasteiger partial charge on any atom is 0.119 e. The van der Waals surface area contributed by atoms with Crippen LogP contribution in [0.4, 0.5) is 0 Å². The summed E-state index contributed by atoms with van der Waals surface area (Å²) in [4.78, 5) is 2.46. The molecule has 5 heteroatoms. The van der Waals surface area contributed by atoms with Crippen LogP contribution >= 0.6 is 0 Å². The van der Waals surface area contributed by atoms with E-state index in [4.69, 9.17) is 9.47 Å². The van der Waals surface area contributed by atoms with E-state index in [1.54, 1.807) is 7.11 Å². The molecule has 1 saturated heterocycles. The van der Waals surface area contributed by atoms with E-state index < -0.39 is 5.60 Å². The van der Waals surface area contributed by atoms with Gasteiger partial charge in [0.15, 0.2) is 0 Å². The Balaban J connectivity index is 1.56. The predicted octanol–water partition coefficient (Wildman–Crippen LogP) is 3.55. The molecule has 1 N–H and O–H groups in total. The minimum absolute atomic E-state index is 0.358. The van der Waals surface area contributed by atoms with E-state index in [-0.39, 0.29) is 0 Å². The molecule has 0 bridgehead atoms. The van der Waals surface area contributed by atoms with Crippen LogP contribution in [0, 0.1) is 13.8 Å². The van der Waals surface area contributed by atoms with Gasteiger partial charge in [0.1, 0.15) is 12.4 Å². The Kier molecular flexibility index (Phi) is 7.16. The molecule has 1 fully saturated rings. The SMILES string of the molecule is COCCn1c(C)cc(CN2CCCC(O)(COc3ccccc3)CC2)c1C. The van der Waals surface area contributed by atoms with E-state index >= 15 is 0 Å². The smallest absolute Gasteiger partial charge is 0.119 e. The first-order chi connectivity index (χ1) is 13.5. The minimum atomic E-state index is -0.750. The monoisotopic (exact) mass is 386 g/mol. The Bertz CT molecular complexity index is 744. The molecule has 1 aliphatic rings. The molecule has 0 amide bonds. The van der Waals surface area contributed by atoms with Crippen molar-refractivity contribution in [1.29, 1.82) is 0 Å². The van der Waals surface area contributed by atoms with E-state index in [0.717, 1.165) is 57.8 Å². The molecule has 2 heterocycles. The summed E-state index contributed by atoms with van der Waals surface area (Å²) in [6.07, 6.45) is 2.50. The molecule has 1 unspecified atom stereocenters. The number of methoxy groups -OCH3 is 1. The number of likely N-dealkylation sites (tertiary alicyclic amines) is 1. The fourth-order valence-corrected chi connectivity index (χ4v) is 4.07. The average molecular weight is 387 g/mol. The van der Waals surface area contributed by atoms with Crippen molar-refractivity contribution < 1.29 is 14.6 Å². The third-order valence-corrected chi connectivity index (χ3v) is 5.85. The summed E-state index contributed by atoms with van der Waals surface area (Å²) in [7, 11) is 1.75. The van der Waals surface area contributed by atoms with Crippen molar-refractivity contribution in [3.63, 3.8) is 0 Å². The van der Waals surface area contributed by atoms with Gasteiger partial charge < -0.3 is 19.1 Å². The number of aliphatic hydroxyl groups is 1. The standard InChI is InChI=1S/C23H34N2O3/c1-19-16-21(20(2)25(19)14-15-27-3)17-24-12-7-10-23(26,11-13-24)18-28-22-8-5-4-6-9-22/h4-6,8-9,16,26H,7,10-15,17-18H2,1-3H3. The molecule has 1 aromatic heterocycles. The van der Waals surface area contributed by atoms with Crippen LogP contribution in [0.1, 0.15) is 36.2 Å². The van der Waals surface area contributed by atoms with Crippen molar-refractivity contribution in [1.82, 2.24) is 9.47 Å². The Hall–Kier alpha value is -1.82. The lowest BCUT2D eigenvalue weighted by Gasteiger charge is -2.27. The van der Waals surface area contributed by atoms with Crippen molar-refractivity contribution in [3.05, 3.63) is 53.3 Å². The van der Waals surface area contributed by atoms with Crippen LogP contribution in [-0.4, -0.2) is 53.6 Å². The number of hydrogen-bond donors (Lipinski definition) is 1. The number of aryl methyl sites for hydroxylation is 1. The molecule has 1 aliphatic heterocycles. The largest absolute Gasteiger partial charge is 0.491 e. The Labute approximate surface area is 168 Å². The maximum atomic E-state index is 11.0. The zero-order chi connectivity index (χ0) is 20.0. The van der Waals surface area contributed by atoms with E-state index in [1.165, 1.54) is 17.0 Å². The van der Waals surface area contributed by atoms with Crippen LogP contribution in [0.25, 0.3) is 0 Å². The Morgan fingerprint density at radius 3 is 2.64 bits per heavy atom. The fourth-order valence-electron chi connectivity index (χ4n) is 4.07. The number of ether oxygens (including phenoxy) is 2. The van der Waals surface area contributed by atoms with Crippen molar-refractivity contribution >= 4 is 0 Å². The molecule has 0 spiro atoms. The highest BCUT2D eigenvalue weighted by Gasteiger charge is 2.31. The second kappa shape index (κ2) is 9.59. The van der Waals surface area contributed by atoms with Crippen molar-refractivity contribution in [2.24, 2.45) is 0 Å². The molecule has 28 heavy (non-hydrogen) atoms. The first-order valence-electron chi connectivity index (χ1n) is 10.3. The number of para-hydroxylation sites is 1. The van der Waals surface area contributed by atoms with Crippen molar-refractivity contribution in [2.45, 2.75) is 51.8 Å². The summed E-state index contributed by atoms with van der Waals surface area (Å²) >= 11 is 0. The average Bonchev–Trinajstić information content (AvgIpc) is 2.84. The highest BCUT2D eigenvalue weighted by Crippen LogP contribution is 2.26. The van der Waals surface area contributed by atoms with Gasteiger partial charge >= 0.3 is 0 Å². The molecule has 2 aromatic rings. The second-order valence-corrected chi connectivity index (χ2v) is 8.00. The Morgan fingerprint density at radius 2 is 1.89 bits per heavy atom. The van der Waals surface area contributed by atoms with E-state index in [0.29, 0.717) is 6.61 Å². The molecule has 5 nitrogen and oxygen atoms in total. The first kappa shape index (κ1) is 20.9. The van der Waals surface area contributed by atoms with Crippen LogP contribution in [0.2, 0.25) is 0 Å². The Morgan fingerprint density at radius 1 is 1.11 bits per heavy atom. The predicted molar refractivity (Wildman–Crippen MR) is 112 cm³/mol. The lowest BCUT2D eigenvalue weighted by atomic mass is 9.96. The van der Waals surface area contributed by atoms with Gasteiger partial charge in [0.05, 0.1) is 12.2 Å². The van der Waals surface area contributed by atoms with E-state index in [2.05, 4.69) is 29.4 Å². The van der Waals surface area contributed by atoms with Gasteiger partial charge in [-0.2, -0.15) is 0 Å². The zero-order valence-electron chi connectivity index (χ0n) is 17.5. The van der Waals surface area contributed by atoms with Crippen LogP contribution in [0.15, 0.2) is 36.4 Å². The number of benzene rings is 1. The van der Waals surface area contributed by atoms with Crippen LogP contribution in [-0.2, 0) is 17.8 Å². The lowest BCUT2D eigenvalue weighted by molar-refractivity contribution is -0.0168. The van der Waals surface area contributed by atoms with Gasteiger partial charge in [0.25, 0.3) is 0 Å². The third kappa shape index (κ3) is 5.37. The van der Waals surface area contributed by atoms with E-state index in [1.807, 2.05) is 30.3 Å². The van der Waals surface area contributed by atoms with Gasteiger partial charge in [-0.1, -0.05) is 18.2 Å². The maximum absolute atomic E-state index is 11.0. The molecular formula is C23H34N2O3. The fraction of sp³-hybridized carbons (Fsp3) is 0.565. The summed E-state index contributed by atoms with van der Waals surface area (Å²) in [5.41, 5.74) is 3.23. The zero-order valence-corrected chi connectivity index (χ0v) is 17.5. The molecule has 0 aliphatic carbocycles. The van der Waals surface area contributed by atoms with Crippen LogP contribution in [0.3, 0.4) is 0 Å². The third-order valence-electron chi connectivity index (χ3n) is 5.85. The topological polar surface area (TPSA) is 46.9 Å². The molecule has 1 atom stereocenters. The van der Waals surface area contributed by atoms with Gasteiger partial charge in [0, 0.05) is 38.1 Å².